The highest BCUT2D eigenvalue weighted by Gasteiger charge is 2.45. The number of carbonyl (C=O) groups excluding carboxylic acids is 2. The Balaban J connectivity index is 1.30. The molecule has 4 aromatic rings. The van der Waals surface area contributed by atoms with E-state index in [1.165, 1.54) is 0 Å². The van der Waals surface area contributed by atoms with Gasteiger partial charge in [0, 0.05) is 49.2 Å². The highest BCUT2D eigenvalue weighted by molar-refractivity contribution is 6.04. The molecule has 1 atom stereocenters. The summed E-state index contributed by atoms with van der Waals surface area (Å²) < 4.78 is 43.8. The van der Waals surface area contributed by atoms with E-state index >= 15 is 0 Å². The van der Waals surface area contributed by atoms with Gasteiger partial charge >= 0.3 is 6.18 Å². The quantitative estimate of drug-likeness (QED) is 0.294. The second-order valence-electron chi connectivity index (χ2n) is 10.2. The van der Waals surface area contributed by atoms with Crippen LogP contribution in [0.1, 0.15) is 48.2 Å². The molecule has 0 spiro atoms. The molecule has 1 fully saturated rings. The van der Waals surface area contributed by atoms with Crippen LogP contribution in [0.15, 0.2) is 73.2 Å². The van der Waals surface area contributed by atoms with Crippen LogP contribution in [0, 0.1) is 0 Å². The summed E-state index contributed by atoms with van der Waals surface area (Å²) in [5, 5.41) is 7.08. The van der Waals surface area contributed by atoms with Gasteiger partial charge in [-0.05, 0) is 61.9 Å². The zero-order valence-corrected chi connectivity index (χ0v) is 22.6. The first kappa shape index (κ1) is 28.1. The van der Waals surface area contributed by atoms with Crippen LogP contribution in [0.3, 0.4) is 0 Å². The van der Waals surface area contributed by atoms with E-state index in [0.29, 0.717) is 42.9 Å². The van der Waals surface area contributed by atoms with Gasteiger partial charge in [0.15, 0.2) is 0 Å². The first-order valence-electron chi connectivity index (χ1n) is 13.6. The Labute approximate surface area is 235 Å². The standard InChI is InChI=1S/C30H31F3N6O2/c1-37-19-23(18-34-37)21-9-7-10-22(17-21)28(41)36-29-35-24(20-39(29)25-12-3-2-4-13-25)11-8-15-27(40)38-16-6-5-14-26(38)30(31,32)33/h2-4,7,9-10,12-13,17-20,26H,5-6,8,11,14-16H2,1H3,(H,35,36,41)/t26-/m1/s1. The smallest absolute Gasteiger partial charge is 0.331 e. The van der Waals surface area contributed by atoms with Gasteiger partial charge in [0.25, 0.3) is 5.91 Å². The lowest BCUT2D eigenvalue weighted by Crippen LogP contribution is -2.51. The predicted molar refractivity (Wildman–Crippen MR) is 149 cm³/mol. The number of nitrogens with one attached hydrogen (secondary N) is 1. The van der Waals surface area contributed by atoms with Crippen LogP contribution in [-0.2, 0) is 18.3 Å². The molecule has 1 N–H and O–H groups in total. The first-order valence-corrected chi connectivity index (χ1v) is 13.6. The molecule has 2 aromatic carbocycles. The summed E-state index contributed by atoms with van der Waals surface area (Å²) in [5.41, 5.74) is 3.58. The number of hydrogen-bond acceptors (Lipinski definition) is 4. The van der Waals surface area contributed by atoms with Crippen LogP contribution in [0.4, 0.5) is 19.1 Å². The highest BCUT2D eigenvalue weighted by atomic mass is 19.4. The molecule has 3 heterocycles. The Morgan fingerprint density at radius 1 is 1.02 bits per heavy atom. The Kier molecular flexibility index (Phi) is 8.23. The van der Waals surface area contributed by atoms with Crippen molar-refractivity contribution in [2.45, 2.75) is 50.7 Å². The molecule has 0 unspecified atom stereocenters. The van der Waals surface area contributed by atoms with Crippen molar-refractivity contribution in [2.75, 3.05) is 11.9 Å². The maximum absolute atomic E-state index is 13.4. The third-order valence-electron chi connectivity index (χ3n) is 7.20. The average molecular weight is 565 g/mol. The number of imidazole rings is 1. The lowest BCUT2D eigenvalue weighted by molar-refractivity contribution is -0.196. The van der Waals surface area contributed by atoms with Crippen molar-refractivity contribution in [1.29, 1.82) is 0 Å². The number of aryl methyl sites for hydroxylation is 2. The number of anilines is 1. The normalized spacial score (nSPS) is 15.6. The van der Waals surface area contributed by atoms with Crippen LogP contribution in [0.25, 0.3) is 16.8 Å². The van der Waals surface area contributed by atoms with E-state index in [0.717, 1.165) is 21.7 Å². The van der Waals surface area contributed by atoms with Gasteiger partial charge in [-0.3, -0.25) is 24.2 Å². The summed E-state index contributed by atoms with van der Waals surface area (Å²) in [6.45, 7) is 0.129. The zero-order valence-electron chi connectivity index (χ0n) is 22.6. The fourth-order valence-electron chi connectivity index (χ4n) is 5.14. The van der Waals surface area contributed by atoms with Crippen molar-refractivity contribution in [3.63, 3.8) is 0 Å². The zero-order chi connectivity index (χ0) is 29.0. The third-order valence-corrected chi connectivity index (χ3v) is 7.20. The lowest BCUT2D eigenvalue weighted by Gasteiger charge is -2.36. The first-order chi connectivity index (χ1) is 19.7. The van der Waals surface area contributed by atoms with Crippen molar-refractivity contribution in [1.82, 2.24) is 24.2 Å². The fourth-order valence-corrected chi connectivity index (χ4v) is 5.14. The van der Waals surface area contributed by atoms with E-state index in [2.05, 4.69) is 15.4 Å². The maximum Gasteiger partial charge on any atom is 0.408 e. The van der Waals surface area contributed by atoms with Crippen molar-refractivity contribution in [3.05, 3.63) is 84.4 Å². The van der Waals surface area contributed by atoms with Crippen molar-refractivity contribution in [2.24, 2.45) is 7.05 Å². The molecule has 1 aliphatic heterocycles. The Bertz CT molecular complexity index is 1510. The monoisotopic (exact) mass is 564 g/mol. The number of piperidine rings is 1. The molecule has 2 amide bonds. The van der Waals surface area contributed by atoms with Gasteiger partial charge in [-0.15, -0.1) is 0 Å². The predicted octanol–water partition coefficient (Wildman–Crippen LogP) is 5.79. The van der Waals surface area contributed by atoms with Gasteiger partial charge in [0.1, 0.15) is 6.04 Å². The second-order valence-corrected chi connectivity index (χ2v) is 10.2. The number of alkyl halides is 3. The molecule has 0 radical (unpaired) electrons. The van der Waals surface area contributed by atoms with E-state index in [1.54, 1.807) is 39.8 Å². The molecule has 5 rings (SSSR count). The SMILES string of the molecule is Cn1cc(-c2cccc(C(=O)Nc3nc(CCCC(=O)N4CCCC[C@@H]4C(F)(F)F)cn3-c3ccccc3)c2)cn1. The minimum absolute atomic E-state index is 0.00634. The molecule has 11 heteroatoms. The topological polar surface area (TPSA) is 85.0 Å². The molecule has 0 aliphatic carbocycles. The number of nitrogens with zero attached hydrogens (tertiary/aromatic N) is 5. The summed E-state index contributed by atoms with van der Waals surface area (Å²) in [4.78, 5) is 31.6. The average Bonchev–Trinajstić information content (AvgIpc) is 3.59. The van der Waals surface area contributed by atoms with E-state index < -0.39 is 18.1 Å². The van der Waals surface area contributed by atoms with Gasteiger partial charge in [0.2, 0.25) is 11.9 Å². The third kappa shape index (κ3) is 6.67. The van der Waals surface area contributed by atoms with Crippen LogP contribution < -0.4 is 5.32 Å². The van der Waals surface area contributed by atoms with Gasteiger partial charge in [-0.25, -0.2) is 4.98 Å². The van der Waals surface area contributed by atoms with Crippen molar-refractivity contribution in [3.8, 4) is 16.8 Å². The molecular weight excluding hydrogens is 533 g/mol. The molecular formula is C30H31F3N6O2. The molecule has 2 aromatic heterocycles. The molecule has 1 aliphatic rings. The summed E-state index contributed by atoms with van der Waals surface area (Å²) >= 11 is 0. The minimum Gasteiger partial charge on any atom is -0.331 e. The summed E-state index contributed by atoms with van der Waals surface area (Å²) in [6, 6.07) is 14.9. The second kappa shape index (κ2) is 12.0. The van der Waals surface area contributed by atoms with Gasteiger partial charge in [-0.2, -0.15) is 18.3 Å². The number of amides is 2. The number of aromatic nitrogens is 4. The molecule has 8 nitrogen and oxygen atoms in total. The molecule has 1 saturated heterocycles. The number of halogens is 3. The minimum atomic E-state index is -4.42. The Morgan fingerprint density at radius 3 is 2.56 bits per heavy atom. The maximum atomic E-state index is 13.4. The summed E-state index contributed by atoms with van der Waals surface area (Å²) in [5.74, 6) is -0.525. The number of rotatable bonds is 8. The number of hydrogen-bond donors (Lipinski definition) is 1. The van der Waals surface area contributed by atoms with Crippen molar-refractivity contribution >= 4 is 17.8 Å². The van der Waals surface area contributed by atoms with Crippen LogP contribution in [-0.4, -0.2) is 54.8 Å². The number of para-hydroxylation sites is 1. The van der Waals surface area contributed by atoms with E-state index in [1.807, 2.05) is 49.6 Å². The summed E-state index contributed by atoms with van der Waals surface area (Å²) in [6.07, 6.45) is 2.65. The largest absolute Gasteiger partial charge is 0.408 e. The van der Waals surface area contributed by atoms with Crippen LogP contribution in [0.2, 0.25) is 0 Å². The molecule has 0 bridgehead atoms. The number of benzene rings is 2. The van der Waals surface area contributed by atoms with E-state index in [4.69, 9.17) is 0 Å². The van der Waals surface area contributed by atoms with Gasteiger partial charge < -0.3 is 4.90 Å². The Morgan fingerprint density at radius 2 is 1.83 bits per heavy atom. The molecule has 41 heavy (non-hydrogen) atoms. The van der Waals surface area contributed by atoms with Crippen molar-refractivity contribution < 1.29 is 22.8 Å². The highest BCUT2D eigenvalue weighted by Crippen LogP contribution is 2.32. The Hall–Kier alpha value is -4.41. The van der Waals surface area contributed by atoms with Crippen LogP contribution in [0.5, 0.6) is 0 Å². The van der Waals surface area contributed by atoms with Crippen LogP contribution >= 0.6 is 0 Å². The van der Waals surface area contributed by atoms with Gasteiger partial charge in [0.05, 0.1) is 11.9 Å². The van der Waals surface area contributed by atoms with E-state index in [-0.39, 0.29) is 25.3 Å². The number of carbonyl (C=O) groups is 2. The fraction of sp³-hybridized carbons (Fsp3) is 0.333. The lowest BCUT2D eigenvalue weighted by atomic mass is 10.0. The number of likely N-dealkylation sites (tertiary alicyclic amines) is 1. The molecule has 0 saturated carbocycles. The summed E-state index contributed by atoms with van der Waals surface area (Å²) in [7, 11) is 1.82. The van der Waals surface area contributed by atoms with E-state index in [9.17, 15) is 22.8 Å². The molecule has 214 valence electrons. The van der Waals surface area contributed by atoms with Gasteiger partial charge in [-0.1, -0.05) is 30.3 Å².